The molecule has 4 heteroatoms. The van der Waals surface area contributed by atoms with Crippen molar-refractivity contribution in [2.24, 2.45) is 0 Å². The summed E-state index contributed by atoms with van der Waals surface area (Å²) < 4.78 is 0.616. The highest BCUT2D eigenvalue weighted by atomic mass is 32.2. The summed E-state index contributed by atoms with van der Waals surface area (Å²) >= 11 is 6.81. The molecular formula is C19H17NOS2. The van der Waals surface area contributed by atoms with Gasteiger partial charge in [0.15, 0.2) is 0 Å². The van der Waals surface area contributed by atoms with Crippen LogP contribution in [-0.2, 0) is 4.79 Å². The highest BCUT2D eigenvalue weighted by Crippen LogP contribution is 2.37. The first-order valence-corrected chi connectivity index (χ1v) is 8.67. The molecule has 0 N–H and O–H groups in total. The Morgan fingerprint density at radius 3 is 2.57 bits per heavy atom. The van der Waals surface area contributed by atoms with Gasteiger partial charge in [-0.25, -0.2) is 0 Å². The van der Waals surface area contributed by atoms with Crippen LogP contribution >= 0.6 is 24.0 Å². The Balaban J connectivity index is 1.88. The van der Waals surface area contributed by atoms with Gasteiger partial charge in [0.25, 0.3) is 5.91 Å². The molecule has 0 radical (unpaired) electrons. The Bertz CT molecular complexity index is 783. The maximum absolute atomic E-state index is 12.8. The van der Waals surface area contributed by atoms with Crippen LogP contribution in [0.25, 0.3) is 6.08 Å². The van der Waals surface area contributed by atoms with E-state index in [0.717, 1.165) is 11.1 Å². The Kier molecular flexibility index (Phi) is 4.64. The van der Waals surface area contributed by atoms with Crippen molar-refractivity contribution < 1.29 is 4.79 Å². The summed E-state index contributed by atoms with van der Waals surface area (Å²) in [6, 6.07) is 18.0. The number of thioether (sulfide) groups is 1. The minimum absolute atomic E-state index is 0.0159. The van der Waals surface area contributed by atoms with E-state index in [1.165, 1.54) is 17.3 Å². The molecule has 1 aliphatic rings. The normalized spacial score (nSPS) is 17.8. The van der Waals surface area contributed by atoms with Gasteiger partial charge < -0.3 is 0 Å². The van der Waals surface area contributed by atoms with Crippen molar-refractivity contribution in [2.75, 3.05) is 0 Å². The van der Waals surface area contributed by atoms with Crippen molar-refractivity contribution >= 4 is 40.3 Å². The molecule has 0 spiro atoms. The van der Waals surface area contributed by atoms with Crippen molar-refractivity contribution in [3.63, 3.8) is 0 Å². The van der Waals surface area contributed by atoms with Gasteiger partial charge >= 0.3 is 0 Å². The number of amides is 1. The third-order valence-corrected chi connectivity index (χ3v) is 5.16. The van der Waals surface area contributed by atoms with Gasteiger partial charge in [-0.15, -0.1) is 0 Å². The number of carbonyl (C=O) groups excluding carboxylic acids is 1. The first kappa shape index (κ1) is 16.0. The van der Waals surface area contributed by atoms with Crippen LogP contribution < -0.4 is 0 Å². The van der Waals surface area contributed by atoms with E-state index in [1.807, 2.05) is 68.5 Å². The third-order valence-electron chi connectivity index (χ3n) is 3.83. The van der Waals surface area contributed by atoms with Gasteiger partial charge in [0.2, 0.25) is 0 Å². The lowest BCUT2D eigenvalue weighted by Gasteiger charge is -2.23. The van der Waals surface area contributed by atoms with E-state index in [0.29, 0.717) is 9.23 Å². The first-order valence-electron chi connectivity index (χ1n) is 7.45. The van der Waals surface area contributed by atoms with E-state index in [4.69, 9.17) is 12.2 Å². The predicted octanol–water partition coefficient (Wildman–Crippen LogP) is 4.96. The van der Waals surface area contributed by atoms with Crippen molar-refractivity contribution in [3.8, 4) is 0 Å². The number of benzene rings is 2. The molecule has 1 saturated heterocycles. The fourth-order valence-corrected chi connectivity index (χ4v) is 4.02. The zero-order valence-corrected chi connectivity index (χ0v) is 14.7. The van der Waals surface area contributed by atoms with Crippen LogP contribution in [0, 0.1) is 6.92 Å². The van der Waals surface area contributed by atoms with Gasteiger partial charge in [0.1, 0.15) is 4.32 Å². The maximum atomic E-state index is 12.8. The van der Waals surface area contributed by atoms with E-state index >= 15 is 0 Å². The summed E-state index contributed by atoms with van der Waals surface area (Å²) in [7, 11) is 0. The largest absolute Gasteiger partial charge is 0.286 e. The lowest BCUT2D eigenvalue weighted by molar-refractivity contribution is -0.123. The molecule has 1 amide bonds. The third kappa shape index (κ3) is 3.38. The molecule has 0 bridgehead atoms. The van der Waals surface area contributed by atoms with Gasteiger partial charge in [-0.05, 0) is 31.1 Å². The number of carbonyl (C=O) groups is 1. The quantitative estimate of drug-likeness (QED) is 0.582. The van der Waals surface area contributed by atoms with Crippen LogP contribution in [-0.4, -0.2) is 15.1 Å². The average Bonchev–Trinajstić information content (AvgIpc) is 2.81. The Hall–Kier alpha value is -1.91. The van der Waals surface area contributed by atoms with Gasteiger partial charge in [0.05, 0.1) is 10.9 Å². The maximum Gasteiger partial charge on any atom is 0.266 e. The van der Waals surface area contributed by atoms with Crippen molar-refractivity contribution in [3.05, 3.63) is 76.2 Å². The van der Waals surface area contributed by atoms with Crippen molar-refractivity contribution in [2.45, 2.75) is 19.9 Å². The summed E-state index contributed by atoms with van der Waals surface area (Å²) in [6.07, 6.45) is 1.92. The SMILES string of the molecule is Cc1cccc(/C=C2\SC(=S)N([C@H](C)c3ccccc3)C2=O)c1. The molecule has 2 aromatic rings. The first-order chi connectivity index (χ1) is 11.1. The number of aryl methyl sites for hydroxylation is 1. The second kappa shape index (κ2) is 6.69. The second-order valence-electron chi connectivity index (χ2n) is 5.55. The van der Waals surface area contributed by atoms with Crippen molar-refractivity contribution in [1.29, 1.82) is 0 Å². The average molecular weight is 339 g/mol. The van der Waals surface area contributed by atoms with Gasteiger partial charge in [-0.1, -0.05) is 84.1 Å². The predicted molar refractivity (Wildman–Crippen MR) is 101 cm³/mol. The molecule has 1 heterocycles. The molecule has 1 fully saturated rings. The molecule has 23 heavy (non-hydrogen) atoms. The summed E-state index contributed by atoms with van der Waals surface area (Å²) in [5, 5.41) is 0. The van der Waals surface area contributed by atoms with Crippen LogP contribution in [0.5, 0.6) is 0 Å². The number of rotatable bonds is 3. The summed E-state index contributed by atoms with van der Waals surface area (Å²) in [6.45, 7) is 4.05. The molecule has 2 aromatic carbocycles. The molecule has 1 aliphatic heterocycles. The molecule has 0 aromatic heterocycles. The Morgan fingerprint density at radius 2 is 1.87 bits per heavy atom. The molecule has 0 aliphatic carbocycles. The summed E-state index contributed by atoms with van der Waals surface area (Å²) in [5.74, 6) is -0.0159. The van der Waals surface area contributed by atoms with E-state index in [9.17, 15) is 4.79 Å². The minimum Gasteiger partial charge on any atom is -0.286 e. The molecule has 116 valence electrons. The summed E-state index contributed by atoms with van der Waals surface area (Å²) in [4.78, 5) is 15.2. The van der Waals surface area contributed by atoms with Crippen LogP contribution in [0.2, 0.25) is 0 Å². The molecule has 3 rings (SSSR count). The zero-order chi connectivity index (χ0) is 16.4. The number of hydrogen-bond acceptors (Lipinski definition) is 3. The fraction of sp³-hybridized carbons (Fsp3) is 0.158. The molecule has 0 saturated carbocycles. The van der Waals surface area contributed by atoms with Crippen LogP contribution in [0.3, 0.4) is 0 Å². The van der Waals surface area contributed by atoms with E-state index in [2.05, 4.69) is 6.07 Å². The highest BCUT2D eigenvalue weighted by molar-refractivity contribution is 8.26. The summed E-state index contributed by atoms with van der Waals surface area (Å²) in [5.41, 5.74) is 3.28. The molecule has 2 nitrogen and oxygen atoms in total. The lowest BCUT2D eigenvalue weighted by atomic mass is 10.1. The van der Waals surface area contributed by atoms with Gasteiger partial charge in [-0.3, -0.25) is 9.69 Å². The van der Waals surface area contributed by atoms with Gasteiger partial charge in [0, 0.05) is 0 Å². The number of hydrogen-bond donors (Lipinski definition) is 0. The van der Waals surface area contributed by atoms with E-state index in [-0.39, 0.29) is 11.9 Å². The van der Waals surface area contributed by atoms with Crippen LogP contribution in [0.15, 0.2) is 59.5 Å². The topological polar surface area (TPSA) is 20.3 Å². The van der Waals surface area contributed by atoms with Crippen LogP contribution in [0.4, 0.5) is 0 Å². The van der Waals surface area contributed by atoms with Gasteiger partial charge in [-0.2, -0.15) is 0 Å². The molecule has 1 atom stereocenters. The van der Waals surface area contributed by atoms with E-state index in [1.54, 1.807) is 4.90 Å². The second-order valence-corrected chi connectivity index (χ2v) is 7.23. The minimum atomic E-state index is -0.0629. The molecular weight excluding hydrogens is 322 g/mol. The highest BCUT2D eigenvalue weighted by Gasteiger charge is 2.35. The smallest absolute Gasteiger partial charge is 0.266 e. The van der Waals surface area contributed by atoms with Crippen molar-refractivity contribution in [1.82, 2.24) is 4.90 Å². The monoisotopic (exact) mass is 339 g/mol. The Morgan fingerprint density at radius 1 is 1.13 bits per heavy atom. The molecule has 0 unspecified atom stereocenters. The Labute approximate surface area is 146 Å². The zero-order valence-electron chi connectivity index (χ0n) is 13.0. The number of nitrogens with zero attached hydrogens (tertiary/aromatic N) is 1. The van der Waals surface area contributed by atoms with E-state index < -0.39 is 0 Å². The fourth-order valence-electron chi connectivity index (χ4n) is 2.61. The lowest BCUT2D eigenvalue weighted by Crippen LogP contribution is -2.30. The number of thiocarbonyl (C=S) groups is 1. The van der Waals surface area contributed by atoms with Crippen LogP contribution in [0.1, 0.15) is 29.7 Å². The standard InChI is InChI=1S/C19H17NOS2/c1-13-7-6-8-15(11-13)12-17-18(21)20(19(22)23-17)14(2)16-9-4-3-5-10-16/h3-12,14H,1-2H3/b17-12-/t14-/m1/s1.